The van der Waals surface area contributed by atoms with Crippen LogP contribution >= 0.6 is 50.4 Å². The van der Waals surface area contributed by atoms with Crippen molar-refractivity contribution in [1.82, 2.24) is 9.97 Å². The van der Waals surface area contributed by atoms with Crippen molar-refractivity contribution in [3.8, 4) is 11.1 Å². The Morgan fingerprint density at radius 3 is 2.83 bits per heavy atom. The maximum absolute atomic E-state index is 13.1. The van der Waals surface area contributed by atoms with Crippen LogP contribution in [0.4, 0.5) is 5.69 Å². The van der Waals surface area contributed by atoms with E-state index in [1.165, 1.54) is 28.0 Å². The van der Waals surface area contributed by atoms with Crippen LogP contribution in [0.1, 0.15) is 40.4 Å². The maximum atomic E-state index is 13.1. The summed E-state index contributed by atoms with van der Waals surface area (Å²) in [5, 5.41) is 6.84. The Kier molecular flexibility index (Phi) is 7.76. The quantitative estimate of drug-likeness (QED) is 0.137. The number of anilines is 1. The van der Waals surface area contributed by atoms with Crippen LogP contribution in [0, 0.1) is 5.92 Å². The van der Waals surface area contributed by atoms with Crippen molar-refractivity contribution in [3.05, 3.63) is 55.8 Å². The molecule has 0 aliphatic heterocycles. The smallest absolute Gasteiger partial charge is 0.350 e. The van der Waals surface area contributed by atoms with Crippen molar-refractivity contribution in [2.24, 2.45) is 5.92 Å². The SMILES string of the molecule is CCOC(=O)c1sc2c(c1NC(=O)CSc1ncnc3scc(-c4ccc(Br)cc4)c13)CCC(C)C2. The molecule has 3 heterocycles. The lowest BCUT2D eigenvalue weighted by atomic mass is 9.89. The van der Waals surface area contributed by atoms with Gasteiger partial charge in [0.2, 0.25) is 5.91 Å². The van der Waals surface area contributed by atoms with Crippen LogP contribution < -0.4 is 5.32 Å². The minimum atomic E-state index is -0.373. The van der Waals surface area contributed by atoms with E-state index in [1.54, 1.807) is 24.6 Å². The fourth-order valence-electron chi connectivity index (χ4n) is 4.33. The second-order valence-corrected chi connectivity index (χ2v) is 12.5. The van der Waals surface area contributed by atoms with Crippen LogP contribution in [-0.4, -0.2) is 34.2 Å². The number of benzene rings is 1. The molecule has 1 amide bonds. The zero-order chi connectivity index (χ0) is 25.2. The Labute approximate surface area is 230 Å². The zero-order valence-corrected chi connectivity index (χ0v) is 23.8. The average molecular weight is 603 g/mol. The number of ether oxygens (including phenoxy) is 1. The minimum absolute atomic E-state index is 0.169. The molecule has 5 rings (SSSR count). The fraction of sp³-hybridized carbons (Fsp3) is 0.308. The Bertz CT molecular complexity index is 1430. The highest BCUT2D eigenvalue weighted by Gasteiger charge is 2.28. The predicted molar refractivity (Wildman–Crippen MR) is 151 cm³/mol. The largest absolute Gasteiger partial charge is 0.462 e. The molecule has 0 fully saturated rings. The Morgan fingerprint density at radius 2 is 2.06 bits per heavy atom. The average Bonchev–Trinajstić information content (AvgIpc) is 3.45. The second kappa shape index (κ2) is 11.0. The lowest BCUT2D eigenvalue weighted by Crippen LogP contribution is -2.18. The van der Waals surface area contributed by atoms with E-state index in [4.69, 9.17) is 4.74 Å². The molecule has 3 aromatic heterocycles. The zero-order valence-electron chi connectivity index (χ0n) is 19.8. The van der Waals surface area contributed by atoms with E-state index in [1.807, 2.05) is 12.1 Å². The molecule has 0 saturated heterocycles. The summed E-state index contributed by atoms with van der Waals surface area (Å²) >= 11 is 7.89. The lowest BCUT2D eigenvalue weighted by molar-refractivity contribution is -0.113. The Morgan fingerprint density at radius 1 is 1.25 bits per heavy atom. The van der Waals surface area contributed by atoms with Gasteiger partial charge in [-0.05, 0) is 55.4 Å². The van der Waals surface area contributed by atoms with E-state index in [0.29, 0.717) is 23.1 Å². The van der Waals surface area contributed by atoms with Crippen LogP contribution in [0.25, 0.3) is 21.3 Å². The summed E-state index contributed by atoms with van der Waals surface area (Å²) in [5.74, 6) is 0.195. The van der Waals surface area contributed by atoms with Gasteiger partial charge in [0, 0.05) is 20.3 Å². The van der Waals surface area contributed by atoms with Crippen LogP contribution in [-0.2, 0) is 22.4 Å². The first-order valence-corrected chi connectivity index (χ1v) is 15.1. The molecule has 1 unspecified atom stereocenters. The number of thiophene rings is 2. The van der Waals surface area contributed by atoms with Crippen LogP contribution in [0.15, 0.2) is 45.5 Å². The standard InChI is InChI=1S/C26H24BrN3O3S3/c1-3-33-26(32)23-22(17-9-4-14(2)10-19(17)36-23)30-20(31)12-35-25-21-18(11-34-24(21)28-13-29-25)15-5-7-16(27)8-6-15/h5-8,11,13-14H,3-4,9-10,12H2,1-2H3,(H,30,31). The van der Waals surface area contributed by atoms with Gasteiger partial charge in [-0.2, -0.15) is 0 Å². The number of carbonyl (C=O) groups excluding carboxylic acids is 2. The van der Waals surface area contributed by atoms with E-state index in [9.17, 15) is 9.59 Å². The van der Waals surface area contributed by atoms with Gasteiger partial charge in [-0.1, -0.05) is 46.7 Å². The summed E-state index contributed by atoms with van der Waals surface area (Å²) < 4.78 is 6.30. The molecular formula is C26H24BrN3O3S3. The summed E-state index contributed by atoms with van der Waals surface area (Å²) in [7, 11) is 0. The molecule has 1 aliphatic rings. The first-order chi connectivity index (χ1) is 17.4. The number of fused-ring (bicyclic) bond motifs is 2. The number of hydrogen-bond acceptors (Lipinski definition) is 8. The third kappa shape index (κ3) is 5.22. The van der Waals surface area contributed by atoms with Gasteiger partial charge in [-0.25, -0.2) is 14.8 Å². The van der Waals surface area contributed by atoms with E-state index >= 15 is 0 Å². The molecule has 6 nitrogen and oxygen atoms in total. The molecule has 0 radical (unpaired) electrons. The molecule has 10 heteroatoms. The second-order valence-electron chi connectivity index (χ2n) is 8.63. The summed E-state index contributed by atoms with van der Waals surface area (Å²) in [6.07, 6.45) is 4.36. The molecular weight excluding hydrogens is 578 g/mol. The van der Waals surface area contributed by atoms with Crippen molar-refractivity contribution >= 4 is 78.1 Å². The fourth-order valence-corrected chi connectivity index (χ4v) is 7.75. The number of hydrogen-bond donors (Lipinski definition) is 1. The summed E-state index contributed by atoms with van der Waals surface area (Å²) in [6, 6.07) is 8.12. The molecule has 0 saturated carbocycles. The highest BCUT2D eigenvalue weighted by atomic mass is 79.9. The molecule has 1 N–H and O–H groups in total. The molecule has 186 valence electrons. The number of rotatable bonds is 7. The number of nitrogens with zero attached hydrogens (tertiary/aromatic N) is 2. The van der Waals surface area contributed by atoms with Crippen molar-refractivity contribution in [1.29, 1.82) is 0 Å². The first kappa shape index (κ1) is 25.4. The van der Waals surface area contributed by atoms with Gasteiger partial charge in [-0.15, -0.1) is 22.7 Å². The van der Waals surface area contributed by atoms with E-state index < -0.39 is 0 Å². The number of thioether (sulfide) groups is 1. The summed E-state index contributed by atoms with van der Waals surface area (Å²) in [6.45, 7) is 4.31. The van der Waals surface area contributed by atoms with Gasteiger partial charge in [0.25, 0.3) is 0 Å². The topological polar surface area (TPSA) is 81.2 Å². The van der Waals surface area contributed by atoms with Gasteiger partial charge in [-0.3, -0.25) is 4.79 Å². The van der Waals surface area contributed by atoms with Crippen molar-refractivity contribution in [2.75, 3.05) is 17.7 Å². The minimum Gasteiger partial charge on any atom is -0.462 e. The molecule has 36 heavy (non-hydrogen) atoms. The predicted octanol–water partition coefficient (Wildman–Crippen LogP) is 7.21. The van der Waals surface area contributed by atoms with Crippen molar-refractivity contribution in [2.45, 2.75) is 38.1 Å². The third-order valence-corrected chi connectivity index (χ3v) is 9.71. The number of amides is 1. The maximum Gasteiger partial charge on any atom is 0.350 e. The normalized spacial score (nSPS) is 15.0. The van der Waals surface area contributed by atoms with Crippen LogP contribution in [0.3, 0.4) is 0 Å². The Balaban J connectivity index is 1.38. The van der Waals surface area contributed by atoms with Crippen LogP contribution in [0.5, 0.6) is 0 Å². The van der Waals surface area contributed by atoms with Gasteiger partial charge >= 0.3 is 5.97 Å². The highest BCUT2D eigenvalue weighted by molar-refractivity contribution is 9.10. The van der Waals surface area contributed by atoms with E-state index in [-0.39, 0.29) is 17.6 Å². The summed E-state index contributed by atoms with van der Waals surface area (Å²) in [5.41, 5.74) is 3.84. The monoisotopic (exact) mass is 601 g/mol. The molecule has 4 aromatic rings. The van der Waals surface area contributed by atoms with Gasteiger partial charge < -0.3 is 10.1 Å². The number of carbonyl (C=O) groups is 2. The molecule has 1 aromatic carbocycles. The molecule has 0 spiro atoms. The van der Waals surface area contributed by atoms with Crippen LogP contribution in [0.2, 0.25) is 0 Å². The van der Waals surface area contributed by atoms with Gasteiger partial charge in [0.15, 0.2) is 0 Å². The Hall–Kier alpha value is -2.27. The molecule has 1 atom stereocenters. The highest BCUT2D eigenvalue weighted by Crippen LogP contribution is 2.41. The third-order valence-electron chi connectivity index (χ3n) is 6.07. The van der Waals surface area contributed by atoms with E-state index in [0.717, 1.165) is 55.7 Å². The number of halogens is 1. The molecule has 1 aliphatic carbocycles. The summed E-state index contributed by atoms with van der Waals surface area (Å²) in [4.78, 5) is 37.2. The lowest BCUT2D eigenvalue weighted by Gasteiger charge is -2.19. The van der Waals surface area contributed by atoms with Gasteiger partial charge in [0.05, 0.1) is 23.4 Å². The van der Waals surface area contributed by atoms with Gasteiger partial charge in [0.1, 0.15) is 21.1 Å². The number of nitrogens with one attached hydrogen (secondary N) is 1. The van der Waals surface area contributed by atoms with Crippen molar-refractivity contribution < 1.29 is 14.3 Å². The first-order valence-electron chi connectivity index (χ1n) is 11.7. The molecule has 0 bridgehead atoms. The van der Waals surface area contributed by atoms with Crippen molar-refractivity contribution in [3.63, 3.8) is 0 Å². The number of esters is 1. The number of aromatic nitrogens is 2. The van der Waals surface area contributed by atoms with E-state index in [2.05, 4.69) is 55.7 Å².